The summed E-state index contributed by atoms with van der Waals surface area (Å²) in [5.41, 5.74) is -1.42. The lowest BCUT2D eigenvalue weighted by Crippen LogP contribution is -2.37. The molecule has 0 heterocycles. The second kappa shape index (κ2) is 7.17. The van der Waals surface area contributed by atoms with Gasteiger partial charge in [0.1, 0.15) is 5.75 Å². The number of ether oxygens (including phenoxy) is 1. The molecule has 140 valence electrons. The van der Waals surface area contributed by atoms with E-state index in [-0.39, 0.29) is 5.75 Å². The van der Waals surface area contributed by atoms with Crippen LogP contribution in [-0.4, -0.2) is 26.8 Å². The van der Waals surface area contributed by atoms with Gasteiger partial charge in [-0.3, -0.25) is 10.1 Å². The number of benzene rings is 2. The minimum absolute atomic E-state index is 0.254. The smallest absolute Gasteiger partial charge is 0.497 e. The molecule has 12 heteroatoms. The largest absolute Gasteiger partial charge is 0.544 e. The molecule has 0 fully saturated rings. The highest BCUT2D eigenvalue weighted by atomic mass is 32.2. The van der Waals surface area contributed by atoms with Gasteiger partial charge >= 0.3 is 6.36 Å². The Morgan fingerprint density at radius 3 is 2.15 bits per heavy atom. The fourth-order valence-electron chi connectivity index (χ4n) is 1.95. The Morgan fingerprint density at radius 1 is 1.08 bits per heavy atom. The molecule has 0 unspecified atom stereocenters. The highest BCUT2D eigenvalue weighted by Gasteiger charge is 2.41. The molecule has 0 radical (unpaired) electrons. The number of para-hydroxylation sites is 1. The molecule has 0 saturated heterocycles. The van der Waals surface area contributed by atoms with Crippen molar-refractivity contribution in [2.45, 2.75) is 11.3 Å². The third-order valence-electron chi connectivity index (χ3n) is 3.03. The second-order valence-corrected chi connectivity index (χ2v) is 6.41. The molecule has 0 atom stereocenters. The third-order valence-corrected chi connectivity index (χ3v) is 4.65. The first-order chi connectivity index (χ1) is 12.1. The maximum absolute atomic E-state index is 12.8. The average Bonchev–Trinajstić information content (AvgIpc) is 2.59. The number of sulfonamides is 1. The monoisotopic (exact) mass is 392 g/mol. The van der Waals surface area contributed by atoms with E-state index in [2.05, 4.69) is 4.84 Å². The predicted octanol–water partition coefficient (Wildman–Crippen LogP) is 3.25. The number of halogens is 3. The molecule has 0 amide bonds. The minimum atomic E-state index is -5.36. The molecule has 2 rings (SSSR count). The summed E-state index contributed by atoms with van der Waals surface area (Å²) in [6.45, 7) is 0. The lowest BCUT2D eigenvalue weighted by Gasteiger charge is -2.24. The molecule has 8 nitrogen and oxygen atoms in total. The number of anilines is 1. The zero-order chi connectivity index (χ0) is 19.5. The lowest BCUT2D eigenvalue weighted by atomic mass is 10.3. The van der Waals surface area contributed by atoms with Crippen LogP contribution in [-0.2, 0) is 14.9 Å². The Hall–Kier alpha value is -2.86. The van der Waals surface area contributed by atoms with Crippen molar-refractivity contribution < 1.29 is 36.1 Å². The first-order valence-electron chi connectivity index (χ1n) is 6.75. The van der Waals surface area contributed by atoms with Crippen LogP contribution in [0.3, 0.4) is 0 Å². The van der Waals surface area contributed by atoms with Gasteiger partial charge in [0.25, 0.3) is 15.7 Å². The maximum Gasteiger partial charge on any atom is 0.544 e. The van der Waals surface area contributed by atoms with Crippen LogP contribution in [0.5, 0.6) is 5.75 Å². The quantitative estimate of drug-likeness (QED) is 0.553. The summed E-state index contributed by atoms with van der Waals surface area (Å²) in [5.74, 6) is 0.254. The minimum Gasteiger partial charge on any atom is -0.497 e. The van der Waals surface area contributed by atoms with Gasteiger partial charge < -0.3 is 4.74 Å². The molecule has 2 aromatic rings. The van der Waals surface area contributed by atoms with E-state index >= 15 is 0 Å². The van der Waals surface area contributed by atoms with Crippen molar-refractivity contribution in [1.82, 2.24) is 0 Å². The third kappa shape index (κ3) is 4.21. The van der Waals surface area contributed by atoms with E-state index in [1.54, 1.807) is 0 Å². The van der Waals surface area contributed by atoms with Crippen molar-refractivity contribution in [2.24, 2.45) is 0 Å². The fourth-order valence-corrected chi connectivity index (χ4v) is 3.37. The Labute approximate surface area is 145 Å². The Kier molecular flexibility index (Phi) is 5.37. The molecule has 26 heavy (non-hydrogen) atoms. The molecule has 2 aromatic carbocycles. The van der Waals surface area contributed by atoms with Crippen LogP contribution in [0.2, 0.25) is 0 Å². The van der Waals surface area contributed by atoms with Crippen LogP contribution >= 0.6 is 0 Å². The number of alkyl halides is 3. The highest BCUT2D eigenvalue weighted by Crippen LogP contribution is 2.33. The number of hydrogen-bond acceptors (Lipinski definition) is 6. The second-order valence-electron chi connectivity index (χ2n) is 4.69. The normalized spacial score (nSPS) is 11.8. The van der Waals surface area contributed by atoms with Crippen molar-refractivity contribution in [3.8, 4) is 5.75 Å². The number of methoxy groups -OCH3 is 1. The standard InChI is InChI=1S/C14H11F3N2O6S/c1-24-11-8-6-10(7-9-11)19(25-14(15,16)17)26(22,23)13-5-3-2-4-12(13)18(20)21/h2-9H,1H3. The molecule has 0 spiro atoms. The molecule has 0 N–H and O–H groups in total. The van der Waals surface area contributed by atoms with Crippen molar-refractivity contribution in [2.75, 3.05) is 11.6 Å². The van der Waals surface area contributed by atoms with E-state index in [0.717, 1.165) is 30.3 Å². The van der Waals surface area contributed by atoms with Crippen LogP contribution < -0.4 is 9.21 Å². The highest BCUT2D eigenvalue weighted by molar-refractivity contribution is 7.92. The number of nitrogens with zero attached hydrogens (tertiary/aromatic N) is 2. The van der Waals surface area contributed by atoms with Crippen molar-refractivity contribution in [3.63, 3.8) is 0 Å². The van der Waals surface area contributed by atoms with E-state index in [0.29, 0.717) is 0 Å². The summed E-state index contributed by atoms with van der Waals surface area (Å²) in [7, 11) is -3.77. The van der Waals surface area contributed by atoms with Crippen LogP contribution in [0.1, 0.15) is 0 Å². The van der Waals surface area contributed by atoms with Gasteiger partial charge in [0.15, 0.2) is 4.90 Å². The SMILES string of the molecule is COc1ccc(N(OC(F)(F)F)S(=O)(=O)c2ccccc2[N+](=O)[O-])cc1. The first kappa shape index (κ1) is 19.5. The van der Waals surface area contributed by atoms with E-state index in [9.17, 15) is 31.7 Å². The van der Waals surface area contributed by atoms with E-state index in [1.165, 1.54) is 25.3 Å². The van der Waals surface area contributed by atoms with E-state index < -0.39 is 42.0 Å². The summed E-state index contributed by atoms with van der Waals surface area (Å²) in [6, 6.07) is 8.39. The zero-order valence-electron chi connectivity index (χ0n) is 13.0. The number of nitro groups is 1. The Bertz CT molecular complexity index is 900. The molecule has 0 aliphatic heterocycles. The van der Waals surface area contributed by atoms with Crippen LogP contribution in [0.25, 0.3) is 0 Å². The Morgan fingerprint density at radius 2 is 1.65 bits per heavy atom. The summed E-state index contributed by atoms with van der Waals surface area (Å²) in [4.78, 5) is 12.7. The molecule has 0 aliphatic rings. The summed E-state index contributed by atoms with van der Waals surface area (Å²) < 4.78 is 68.0. The van der Waals surface area contributed by atoms with Gasteiger partial charge in [0.05, 0.1) is 17.7 Å². The van der Waals surface area contributed by atoms with Gasteiger partial charge in [-0.05, 0) is 30.3 Å². The summed E-state index contributed by atoms with van der Waals surface area (Å²) >= 11 is 0. The average molecular weight is 392 g/mol. The summed E-state index contributed by atoms with van der Waals surface area (Å²) in [6.07, 6.45) is -5.36. The van der Waals surface area contributed by atoms with Crippen molar-refractivity contribution in [1.29, 1.82) is 0 Å². The van der Waals surface area contributed by atoms with Gasteiger partial charge in [-0.2, -0.15) is 13.3 Å². The predicted molar refractivity (Wildman–Crippen MR) is 82.9 cm³/mol. The van der Waals surface area contributed by atoms with Gasteiger partial charge in [-0.15, -0.1) is 17.6 Å². The van der Waals surface area contributed by atoms with Gasteiger partial charge in [-0.1, -0.05) is 12.1 Å². The lowest BCUT2D eigenvalue weighted by molar-refractivity contribution is -0.387. The van der Waals surface area contributed by atoms with Crippen molar-refractivity contribution in [3.05, 3.63) is 58.6 Å². The fraction of sp³-hybridized carbons (Fsp3) is 0.143. The molecule has 0 bridgehead atoms. The number of nitro benzene ring substituents is 1. The molecular formula is C14H11F3N2O6S. The maximum atomic E-state index is 12.8. The zero-order valence-corrected chi connectivity index (χ0v) is 13.8. The van der Waals surface area contributed by atoms with Crippen molar-refractivity contribution >= 4 is 21.4 Å². The van der Waals surface area contributed by atoms with Gasteiger partial charge in [0, 0.05) is 6.07 Å². The molecular weight excluding hydrogens is 381 g/mol. The number of hydrogen-bond donors (Lipinski definition) is 0. The van der Waals surface area contributed by atoms with Crippen LogP contribution in [0.4, 0.5) is 24.5 Å². The summed E-state index contributed by atoms with van der Waals surface area (Å²) in [5, 5.41) is 11.0. The molecule has 0 aliphatic carbocycles. The molecule has 0 saturated carbocycles. The van der Waals surface area contributed by atoms with E-state index in [4.69, 9.17) is 4.74 Å². The van der Waals surface area contributed by atoms with Gasteiger partial charge in [-0.25, -0.2) is 0 Å². The topological polar surface area (TPSA) is 99.0 Å². The van der Waals surface area contributed by atoms with Gasteiger partial charge in [0.2, 0.25) is 0 Å². The van der Waals surface area contributed by atoms with E-state index in [1.807, 2.05) is 0 Å². The Balaban J connectivity index is 2.62. The number of rotatable bonds is 6. The van der Waals surface area contributed by atoms with Crippen LogP contribution in [0.15, 0.2) is 53.4 Å². The first-order valence-corrected chi connectivity index (χ1v) is 8.19. The van der Waals surface area contributed by atoms with Crippen LogP contribution in [0, 0.1) is 10.1 Å². The molecule has 0 aromatic heterocycles.